The number of hydrogen-bond donors (Lipinski definition) is 1. The summed E-state index contributed by atoms with van der Waals surface area (Å²) in [6.45, 7) is 3.99. The minimum absolute atomic E-state index is 0.382. The molecule has 0 spiro atoms. The Balaban J connectivity index is 2.63. The van der Waals surface area contributed by atoms with Crippen LogP contribution >= 0.6 is 11.3 Å². The lowest BCUT2D eigenvalue weighted by Crippen LogP contribution is -2.04. The van der Waals surface area contributed by atoms with Gasteiger partial charge in [-0.1, -0.05) is 29.8 Å². The first-order chi connectivity index (χ1) is 8.54. The monoisotopic (exact) mass is 261 g/mol. The number of aryl methyl sites for hydroxylation is 2. The van der Waals surface area contributed by atoms with Crippen LogP contribution in [0.25, 0.3) is 11.1 Å². The average molecular weight is 261 g/mol. The van der Waals surface area contributed by atoms with Crippen LogP contribution in [0.3, 0.4) is 0 Å². The standard InChI is InChI=1S/C14H15NO2S/c1-8-4-6-10(7-5-8)11-9(2)18-13(15)12(11)14(16)17-3/h4-7H,15H2,1-3H3. The van der Waals surface area contributed by atoms with Crippen LogP contribution in [0, 0.1) is 13.8 Å². The van der Waals surface area contributed by atoms with Gasteiger partial charge in [0.25, 0.3) is 0 Å². The predicted molar refractivity (Wildman–Crippen MR) is 75.0 cm³/mol. The Morgan fingerprint density at radius 1 is 1.22 bits per heavy atom. The second-order valence-corrected chi connectivity index (χ2v) is 5.39. The van der Waals surface area contributed by atoms with E-state index in [-0.39, 0.29) is 5.97 Å². The molecule has 0 amide bonds. The molecular weight excluding hydrogens is 246 g/mol. The number of esters is 1. The molecule has 2 aromatic rings. The van der Waals surface area contributed by atoms with Crippen LogP contribution in [-0.4, -0.2) is 13.1 Å². The van der Waals surface area contributed by atoms with Gasteiger partial charge in [-0.25, -0.2) is 4.79 Å². The lowest BCUT2D eigenvalue weighted by Gasteiger charge is -2.06. The summed E-state index contributed by atoms with van der Waals surface area (Å²) in [6, 6.07) is 8.03. The van der Waals surface area contributed by atoms with Gasteiger partial charge in [-0.05, 0) is 19.4 Å². The highest BCUT2D eigenvalue weighted by atomic mass is 32.1. The summed E-state index contributed by atoms with van der Waals surface area (Å²) in [6.07, 6.45) is 0. The largest absolute Gasteiger partial charge is 0.465 e. The number of ether oxygens (including phenoxy) is 1. The minimum Gasteiger partial charge on any atom is -0.465 e. The molecule has 1 heterocycles. The van der Waals surface area contributed by atoms with E-state index in [1.165, 1.54) is 24.0 Å². The minimum atomic E-state index is -0.382. The Morgan fingerprint density at radius 2 is 1.83 bits per heavy atom. The van der Waals surface area contributed by atoms with E-state index in [0.29, 0.717) is 10.6 Å². The first-order valence-corrected chi connectivity index (χ1v) is 6.40. The van der Waals surface area contributed by atoms with Gasteiger partial charge in [0.05, 0.1) is 7.11 Å². The third kappa shape index (κ3) is 2.11. The van der Waals surface area contributed by atoms with E-state index in [2.05, 4.69) is 0 Å². The summed E-state index contributed by atoms with van der Waals surface area (Å²) < 4.78 is 4.80. The van der Waals surface area contributed by atoms with E-state index in [1.54, 1.807) is 0 Å². The maximum Gasteiger partial charge on any atom is 0.341 e. The third-order valence-corrected chi connectivity index (χ3v) is 3.78. The van der Waals surface area contributed by atoms with Crippen LogP contribution < -0.4 is 5.73 Å². The number of benzene rings is 1. The van der Waals surface area contributed by atoms with Gasteiger partial charge in [-0.15, -0.1) is 11.3 Å². The molecule has 94 valence electrons. The number of anilines is 1. The Labute approximate surface area is 110 Å². The Kier molecular flexibility index (Phi) is 3.39. The molecule has 0 fully saturated rings. The van der Waals surface area contributed by atoms with E-state index in [1.807, 2.05) is 38.1 Å². The average Bonchev–Trinajstić information content (AvgIpc) is 2.64. The fourth-order valence-electron chi connectivity index (χ4n) is 1.94. The molecule has 0 unspecified atom stereocenters. The number of carbonyl (C=O) groups excluding carboxylic acids is 1. The molecule has 2 N–H and O–H groups in total. The first kappa shape index (κ1) is 12.6. The first-order valence-electron chi connectivity index (χ1n) is 5.58. The second-order valence-electron chi connectivity index (χ2n) is 4.13. The summed E-state index contributed by atoms with van der Waals surface area (Å²) in [5.74, 6) is -0.382. The van der Waals surface area contributed by atoms with E-state index in [0.717, 1.165) is 16.0 Å². The van der Waals surface area contributed by atoms with Crippen molar-refractivity contribution in [1.82, 2.24) is 0 Å². The van der Waals surface area contributed by atoms with Crippen molar-refractivity contribution >= 4 is 22.3 Å². The van der Waals surface area contributed by atoms with Gasteiger partial charge in [-0.2, -0.15) is 0 Å². The zero-order chi connectivity index (χ0) is 13.3. The van der Waals surface area contributed by atoms with Gasteiger partial charge in [0, 0.05) is 10.4 Å². The third-order valence-electron chi connectivity index (χ3n) is 2.84. The maximum absolute atomic E-state index is 11.8. The number of rotatable bonds is 2. The van der Waals surface area contributed by atoms with Crippen molar-refractivity contribution in [2.75, 3.05) is 12.8 Å². The second kappa shape index (κ2) is 4.82. The number of thiophene rings is 1. The van der Waals surface area contributed by atoms with Crippen molar-refractivity contribution in [2.45, 2.75) is 13.8 Å². The van der Waals surface area contributed by atoms with E-state index >= 15 is 0 Å². The zero-order valence-electron chi connectivity index (χ0n) is 10.6. The Morgan fingerprint density at radius 3 is 2.39 bits per heavy atom. The van der Waals surface area contributed by atoms with Crippen LogP contribution in [0.5, 0.6) is 0 Å². The quantitative estimate of drug-likeness (QED) is 0.843. The number of methoxy groups -OCH3 is 1. The normalized spacial score (nSPS) is 10.4. The fourth-order valence-corrected chi connectivity index (χ4v) is 2.88. The molecule has 3 nitrogen and oxygen atoms in total. The van der Waals surface area contributed by atoms with E-state index in [9.17, 15) is 4.79 Å². The van der Waals surface area contributed by atoms with Gasteiger partial charge in [0.15, 0.2) is 0 Å². The van der Waals surface area contributed by atoms with Gasteiger partial charge in [0.1, 0.15) is 10.6 Å². The summed E-state index contributed by atoms with van der Waals surface area (Å²) in [5.41, 5.74) is 9.43. The molecule has 18 heavy (non-hydrogen) atoms. The summed E-state index contributed by atoms with van der Waals surface area (Å²) in [4.78, 5) is 12.8. The molecule has 0 saturated heterocycles. The maximum atomic E-state index is 11.8. The molecule has 4 heteroatoms. The molecule has 0 atom stereocenters. The zero-order valence-corrected chi connectivity index (χ0v) is 11.4. The highest BCUT2D eigenvalue weighted by Gasteiger charge is 2.22. The molecule has 1 aromatic heterocycles. The van der Waals surface area contributed by atoms with Crippen molar-refractivity contribution in [3.8, 4) is 11.1 Å². The lowest BCUT2D eigenvalue weighted by atomic mass is 10.0. The number of hydrogen-bond acceptors (Lipinski definition) is 4. The van der Waals surface area contributed by atoms with E-state index in [4.69, 9.17) is 10.5 Å². The lowest BCUT2D eigenvalue weighted by molar-refractivity contribution is 0.0603. The molecule has 1 aromatic carbocycles. The highest BCUT2D eigenvalue weighted by molar-refractivity contribution is 7.16. The molecule has 0 aliphatic carbocycles. The van der Waals surface area contributed by atoms with Crippen LogP contribution in [0.15, 0.2) is 24.3 Å². The van der Waals surface area contributed by atoms with Gasteiger partial charge in [-0.3, -0.25) is 0 Å². The van der Waals surface area contributed by atoms with Crippen LogP contribution in [0.1, 0.15) is 20.8 Å². The topological polar surface area (TPSA) is 52.3 Å². The van der Waals surface area contributed by atoms with Gasteiger partial charge in [0.2, 0.25) is 0 Å². The molecule has 0 radical (unpaired) electrons. The molecular formula is C14H15NO2S. The summed E-state index contributed by atoms with van der Waals surface area (Å²) >= 11 is 1.42. The fraction of sp³-hybridized carbons (Fsp3) is 0.214. The summed E-state index contributed by atoms with van der Waals surface area (Å²) in [7, 11) is 1.37. The Bertz CT molecular complexity index is 585. The molecule has 0 saturated carbocycles. The van der Waals surface area contributed by atoms with E-state index < -0.39 is 0 Å². The number of nitrogens with two attached hydrogens (primary N) is 1. The number of carbonyl (C=O) groups is 1. The van der Waals surface area contributed by atoms with Crippen LogP contribution in [0.4, 0.5) is 5.00 Å². The predicted octanol–water partition coefficient (Wildman–Crippen LogP) is 3.40. The molecule has 0 bridgehead atoms. The summed E-state index contributed by atoms with van der Waals surface area (Å²) in [5, 5.41) is 0.509. The molecule has 0 aliphatic heterocycles. The van der Waals surface area contributed by atoms with Gasteiger partial charge >= 0.3 is 5.97 Å². The van der Waals surface area contributed by atoms with Crippen molar-refractivity contribution in [3.05, 3.63) is 40.3 Å². The van der Waals surface area contributed by atoms with Crippen molar-refractivity contribution in [1.29, 1.82) is 0 Å². The van der Waals surface area contributed by atoms with Crippen molar-refractivity contribution in [3.63, 3.8) is 0 Å². The SMILES string of the molecule is COC(=O)c1c(N)sc(C)c1-c1ccc(C)cc1. The van der Waals surface area contributed by atoms with Gasteiger partial charge < -0.3 is 10.5 Å². The van der Waals surface area contributed by atoms with Crippen LogP contribution in [0.2, 0.25) is 0 Å². The smallest absolute Gasteiger partial charge is 0.341 e. The van der Waals surface area contributed by atoms with Crippen molar-refractivity contribution < 1.29 is 9.53 Å². The Hall–Kier alpha value is -1.81. The van der Waals surface area contributed by atoms with Crippen LogP contribution in [-0.2, 0) is 4.74 Å². The molecule has 2 rings (SSSR count). The number of nitrogen functional groups attached to an aromatic ring is 1. The van der Waals surface area contributed by atoms with Crippen molar-refractivity contribution in [2.24, 2.45) is 0 Å². The highest BCUT2D eigenvalue weighted by Crippen LogP contribution is 2.38. The molecule has 0 aliphatic rings.